The molecule has 4 nitrogen and oxygen atoms in total. The Hall–Kier alpha value is -1.94. The van der Waals surface area contributed by atoms with Crippen LogP contribution in [-0.4, -0.2) is 23.6 Å². The van der Waals surface area contributed by atoms with Gasteiger partial charge in [0.1, 0.15) is 5.75 Å². The lowest BCUT2D eigenvalue weighted by molar-refractivity contribution is 0.415. The van der Waals surface area contributed by atoms with E-state index in [4.69, 9.17) is 10.5 Å². The third-order valence-electron chi connectivity index (χ3n) is 2.64. The van der Waals surface area contributed by atoms with Crippen LogP contribution >= 0.6 is 0 Å². The SMILES string of the molecule is COc1cccc(-c2nc(C)cc(CCN)n2)c1. The van der Waals surface area contributed by atoms with Crippen molar-refractivity contribution in [2.45, 2.75) is 13.3 Å². The van der Waals surface area contributed by atoms with Gasteiger partial charge in [-0.1, -0.05) is 12.1 Å². The normalized spacial score (nSPS) is 10.4. The Labute approximate surface area is 107 Å². The van der Waals surface area contributed by atoms with Crippen molar-refractivity contribution in [1.82, 2.24) is 9.97 Å². The number of benzene rings is 1. The smallest absolute Gasteiger partial charge is 0.159 e. The van der Waals surface area contributed by atoms with Gasteiger partial charge in [-0.2, -0.15) is 0 Å². The zero-order valence-electron chi connectivity index (χ0n) is 10.7. The predicted octanol–water partition coefficient (Wildman–Crippen LogP) is 1.96. The van der Waals surface area contributed by atoms with Gasteiger partial charge in [0.05, 0.1) is 7.11 Å². The second-order valence-electron chi connectivity index (χ2n) is 4.09. The van der Waals surface area contributed by atoms with Gasteiger partial charge in [0, 0.05) is 23.4 Å². The Balaban J connectivity index is 2.42. The lowest BCUT2D eigenvalue weighted by Gasteiger charge is -2.06. The molecule has 18 heavy (non-hydrogen) atoms. The van der Waals surface area contributed by atoms with Crippen LogP contribution in [0, 0.1) is 6.92 Å². The zero-order chi connectivity index (χ0) is 13.0. The number of ether oxygens (including phenoxy) is 1. The summed E-state index contributed by atoms with van der Waals surface area (Å²) < 4.78 is 5.21. The average Bonchev–Trinajstić information content (AvgIpc) is 2.38. The summed E-state index contributed by atoms with van der Waals surface area (Å²) in [5, 5.41) is 0. The molecule has 2 N–H and O–H groups in total. The minimum Gasteiger partial charge on any atom is -0.497 e. The van der Waals surface area contributed by atoms with Crippen LogP contribution in [0.5, 0.6) is 5.75 Å². The quantitative estimate of drug-likeness (QED) is 0.891. The molecule has 4 heteroatoms. The van der Waals surface area contributed by atoms with Crippen LogP contribution in [0.15, 0.2) is 30.3 Å². The van der Waals surface area contributed by atoms with E-state index in [1.54, 1.807) is 7.11 Å². The first kappa shape index (κ1) is 12.5. The highest BCUT2D eigenvalue weighted by Crippen LogP contribution is 2.21. The topological polar surface area (TPSA) is 61.0 Å². The van der Waals surface area contributed by atoms with Crippen molar-refractivity contribution in [2.24, 2.45) is 5.73 Å². The Morgan fingerprint density at radius 3 is 2.78 bits per heavy atom. The van der Waals surface area contributed by atoms with E-state index in [0.717, 1.165) is 34.9 Å². The second-order valence-corrected chi connectivity index (χ2v) is 4.09. The van der Waals surface area contributed by atoms with E-state index in [-0.39, 0.29) is 0 Å². The summed E-state index contributed by atoms with van der Waals surface area (Å²) in [5.41, 5.74) is 8.44. The summed E-state index contributed by atoms with van der Waals surface area (Å²) in [6.07, 6.45) is 0.764. The van der Waals surface area contributed by atoms with Crippen LogP contribution < -0.4 is 10.5 Å². The summed E-state index contributed by atoms with van der Waals surface area (Å²) in [6, 6.07) is 9.71. The molecule has 0 spiro atoms. The van der Waals surface area contributed by atoms with Gasteiger partial charge in [0.15, 0.2) is 5.82 Å². The van der Waals surface area contributed by atoms with E-state index >= 15 is 0 Å². The third-order valence-corrected chi connectivity index (χ3v) is 2.64. The number of hydrogen-bond acceptors (Lipinski definition) is 4. The first-order valence-corrected chi connectivity index (χ1v) is 5.92. The summed E-state index contributed by atoms with van der Waals surface area (Å²) in [4.78, 5) is 8.98. The number of hydrogen-bond donors (Lipinski definition) is 1. The molecule has 0 bridgehead atoms. The fourth-order valence-corrected chi connectivity index (χ4v) is 1.80. The van der Waals surface area contributed by atoms with E-state index in [2.05, 4.69) is 9.97 Å². The van der Waals surface area contributed by atoms with E-state index in [0.29, 0.717) is 6.54 Å². The first-order chi connectivity index (χ1) is 8.72. The van der Waals surface area contributed by atoms with Gasteiger partial charge in [-0.3, -0.25) is 0 Å². The highest BCUT2D eigenvalue weighted by molar-refractivity contribution is 5.57. The van der Waals surface area contributed by atoms with Crippen molar-refractivity contribution in [3.8, 4) is 17.1 Å². The van der Waals surface area contributed by atoms with Crippen LogP contribution in [-0.2, 0) is 6.42 Å². The van der Waals surface area contributed by atoms with E-state index in [9.17, 15) is 0 Å². The zero-order valence-corrected chi connectivity index (χ0v) is 10.7. The molecule has 0 fully saturated rings. The van der Waals surface area contributed by atoms with Crippen molar-refractivity contribution in [3.63, 3.8) is 0 Å². The van der Waals surface area contributed by atoms with E-state index < -0.39 is 0 Å². The molecule has 2 aromatic rings. The predicted molar refractivity (Wildman–Crippen MR) is 71.5 cm³/mol. The van der Waals surface area contributed by atoms with Crippen molar-refractivity contribution in [1.29, 1.82) is 0 Å². The molecule has 0 aliphatic carbocycles. The van der Waals surface area contributed by atoms with Crippen molar-refractivity contribution < 1.29 is 4.74 Å². The lowest BCUT2D eigenvalue weighted by atomic mass is 10.2. The molecule has 0 amide bonds. The molecule has 0 atom stereocenters. The fraction of sp³-hybridized carbons (Fsp3) is 0.286. The highest BCUT2D eigenvalue weighted by Gasteiger charge is 2.05. The molecule has 0 unspecified atom stereocenters. The summed E-state index contributed by atoms with van der Waals surface area (Å²) in [6.45, 7) is 2.55. The Kier molecular flexibility index (Phi) is 3.89. The van der Waals surface area contributed by atoms with Crippen molar-refractivity contribution in [3.05, 3.63) is 41.7 Å². The van der Waals surface area contributed by atoms with Gasteiger partial charge in [-0.25, -0.2) is 9.97 Å². The number of aryl methyl sites for hydroxylation is 1. The molecule has 0 saturated heterocycles. The largest absolute Gasteiger partial charge is 0.497 e. The average molecular weight is 243 g/mol. The van der Waals surface area contributed by atoms with Crippen LogP contribution in [0.4, 0.5) is 0 Å². The molecular formula is C14H17N3O. The highest BCUT2D eigenvalue weighted by atomic mass is 16.5. The first-order valence-electron chi connectivity index (χ1n) is 5.92. The molecule has 0 saturated carbocycles. The molecule has 94 valence electrons. The Morgan fingerprint density at radius 2 is 2.06 bits per heavy atom. The summed E-state index contributed by atoms with van der Waals surface area (Å²) >= 11 is 0. The second kappa shape index (κ2) is 5.60. The third kappa shape index (κ3) is 2.84. The van der Waals surface area contributed by atoms with Crippen LogP contribution in [0.1, 0.15) is 11.4 Å². The number of nitrogens with zero attached hydrogens (tertiary/aromatic N) is 2. The van der Waals surface area contributed by atoms with Gasteiger partial charge in [0.25, 0.3) is 0 Å². The van der Waals surface area contributed by atoms with Crippen LogP contribution in [0.2, 0.25) is 0 Å². The number of nitrogens with two attached hydrogens (primary N) is 1. The van der Waals surface area contributed by atoms with Crippen molar-refractivity contribution >= 4 is 0 Å². The summed E-state index contributed by atoms with van der Waals surface area (Å²) in [5.74, 6) is 1.52. The number of methoxy groups -OCH3 is 1. The lowest BCUT2D eigenvalue weighted by Crippen LogP contribution is -2.06. The summed E-state index contributed by atoms with van der Waals surface area (Å²) in [7, 11) is 1.65. The number of rotatable bonds is 4. The van der Waals surface area contributed by atoms with Gasteiger partial charge in [0.2, 0.25) is 0 Å². The molecule has 2 rings (SSSR count). The minimum absolute atomic E-state index is 0.591. The molecule has 0 aliphatic rings. The number of aromatic nitrogens is 2. The maximum atomic E-state index is 5.56. The maximum absolute atomic E-state index is 5.56. The van der Waals surface area contributed by atoms with Gasteiger partial charge >= 0.3 is 0 Å². The Morgan fingerprint density at radius 1 is 1.22 bits per heavy atom. The maximum Gasteiger partial charge on any atom is 0.159 e. The molecule has 0 radical (unpaired) electrons. The van der Waals surface area contributed by atoms with E-state index in [1.165, 1.54) is 0 Å². The monoisotopic (exact) mass is 243 g/mol. The minimum atomic E-state index is 0.591. The Bertz CT molecular complexity index is 540. The molecular weight excluding hydrogens is 226 g/mol. The van der Waals surface area contributed by atoms with Crippen LogP contribution in [0.3, 0.4) is 0 Å². The van der Waals surface area contributed by atoms with Gasteiger partial charge in [-0.05, 0) is 31.7 Å². The van der Waals surface area contributed by atoms with Gasteiger partial charge in [-0.15, -0.1) is 0 Å². The van der Waals surface area contributed by atoms with E-state index in [1.807, 2.05) is 37.3 Å². The van der Waals surface area contributed by atoms with Gasteiger partial charge < -0.3 is 10.5 Å². The standard InChI is InChI=1S/C14H17N3O/c1-10-8-12(6-7-15)17-14(16-10)11-4-3-5-13(9-11)18-2/h3-5,8-9H,6-7,15H2,1-2H3. The molecule has 1 heterocycles. The molecule has 1 aromatic carbocycles. The molecule has 0 aliphatic heterocycles. The van der Waals surface area contributed by atoms with Crippen LogP contribution in [0.25, 0.3) is 11.4 Å². The van der Waals surface area contributed by atoms with Crippen molar-refractivity contribution in [2.75, 3.05) is 13.7 Å². The fourth-order valence-electron chi connectivity index (χ4n) is 1.80. The molecule has 1 aromatic heterocycles.